The van der Waals surface area contributed by atoms with Crippen LogP contribution in [0.15, 0.2) is 0 Å². The Hall–Kier alpha value is -3.40. The number of hydrogen-bond acceptors (Lipinski definition) is 24. The van der Waals surface area contributed by atoms with Crippen LogP contribution in [0, 0.1) is 0 Å². The van der Waals surface area contributed by atoms with Crippen molar-refractivity contribution >= 4 is 51.1 Å². The standard InChI is InChI=1S/C51H92N6O25P2/c1-31(2)81-83(71,72)77-30-35-24-37(26-57(35)43(66)18-8-6-12-20-53-41(64)16-10-14-22-76-51-45(55-33(4)61)49(70)47(68)39(28-59)80-51)82-84(73,74)78-29-34-23-36(62)25-56(34)42(65)17-7-5-11-19-52-40(63)15-9-13-21-75-50-44(54-32(3)60)48(69)46(67)38(27-58)79-50/h31,34-39,44-51,58-59,62,67-70H,5-30H2,1-4H3,(H,52,63)(H,53,64)(H,54,60)(H,55,61)(H,71,72)(H,73,74)/p-1/t34-,35-,36+,37+,38?,39?,44?,45?,46?,47?,48?,49?,50?,51?/m0/s1. The van der Waals surface area contributed by atoms with Gasteiger partial charge in [-0.3, -0.25) is 42.4 Å². The van der Waals surface area contributed by atoms with E-state index >= 15 is 0 Å². The summed E-state index contributed by atoms with van der Waals surface area (Å²) in [6.45, 7) is 3.90. The minimum Gasteiger partial charge on any atom is -0.756 e. The first kappa shape index (κ1) is 73.1. The third-order valence-electron chi connectivity index (χ3n) is 14.3. The molecule has 0 aromatic heterocycles. The maximum absolute atomic E-state index is 13.6. The predicted molar refractivity (Wildman–Crippen MR) is 290 cm³/mol. The lowest BCUT2D eigenvalue weighted by atomic mass is 9.97. The lowest BCUT2D eigenvalue weighted by Crippen LogP contribution is -2.64. The van der Waals surface area contributed by atoms with Gasteiger partial charge in [0.05, 0.1) is 56.8 Å². The first-order valence-corrected chi connectivity index (χ1v) is 31.8. The number of carbonyl (C=O) groups excluding carboxylic acids is 6. The SMILES string of the molecule is CC(=O)NC1C(OCCCCC(=O)NCCCCCC(=O)N2C[C@H](O)C[C@H]2COP(=O)(O)O[C@@H]2C[C@@H](COP(=O)([O-])OC(C)C)N(C(=O)CCCCCNC(=O)CCCCOC3OC(CO)C(O)C(O)C3NC(C)=O)C2)OC(CO)C(O)C1O. The van der Waals surface area contributed by atoms with Gasteiger partial charge in [0.25, 0.3) is 7.82 Å². The smallest absolute Gasteiger partial charge is 0.472 e. The molecule has 33 heteroatoms. The van der Waals surface area contributed by atoms with E-state index in [4.69, 9.17) is 37.0 Å². The Morgan fingerprint density at radius 1 is 0.607 bits per heavy atom. The molecule has 0 saturated carbocycles. The number of phosphoric ester groups is 2. The molecule has 12 unspecified atom stereocenters. The number of ether oxygens (including phenoxy) is 4. The molecule has 0 spiro atoms. The van der Waals surface area contributed by atoms with Crippen molar-refractivity contribution in [3.05, 3.63) is 0 Å². The first-order valence-electron chi connectivity index (χ1n) is 28.9. The maximum Gasteiger partial charge on any atom is 0.472 e. The van der Waals surface area contributed by atoms with Crippen LogP contribution in [-0.4, -0.2) is 243 Å². The molecule has 0 aliphatic carbocycles. The molecule has 84 heavy (non-hydrogen) atoms. The number of nitrogens with one attached hydrogen (secondary N) is 4. The molecule has 4 aliphatic heterocycles. The molecule has 31 nitrogen and oxygen atoms in total. The van der Waals surface area contributed by atoms with Gasteiger partial charge < -0.3 is 105 Å². The van der Waals surface area contributed by atoms with E-state index < -0.39 is 151 Å². The van der Waals surface area contributed by atoms with Crippen LogP contribution in [0.3, 0.4) is 0 Å². The largest absolute Gasteiger partial charge is 0.756 e. The molecule has 12 N–H and O–H groups in total. The van der Waals surface area contributed by atoms with E-state index in [2.05, 4.69) is 21.3 Å². The third-order valence-corrected chi connectivity index (χ3v) is 16.5. The average Bonchev–Trinajstić information content (AvgIpc) is 3.57. The summed E-state index contributed by atoms with van der Waals surface area (Å²) < 4.78 is 69.1. The van der Waals surface area contributed by atoms with E-state index in [1.165, 1.54) is 37.5 Å². The van der Waals surface area contributed by atoms with Crippen LogP contribution in [0.4, 0.5) is 0 Å². The number of hydrogen-bond donors (Lipinski definition) is 12. The highest BCUT2D eigenvalue weighted by Gasteiger charge is 2.47. The van der Waals surface area contributed by atoms with Crippen molar-refractivity contribution < 1.29 is 120 Å². The van der Waals surface area contributed by atoms with Crippen molar-refractivity contribution in [1.29, 1.82) is 0 Å². The van der Waals surface area contributed by atoms with Gasteiger partial charge in [-0.25, -0.2) is 4.57 Å². The lowest BCUT2D eigenvalue weighted by Gasteiger charge is -2.42. The Kier molecular flexibility index (Phi) is 32.0. The summed E-state index contributed by atoms with van der Waals surface area (Å²) in [5.41, 5.74) is 0. The number of nitrogens with zero attached hydrogens (tertiary/aromatic N) is 2. The molecule has 0 aromatic rings. The molecule has 4 aliphatic rings. The van der Waals surface area contributed by atoms with E-state index in [9.17, 15) is 83.4 Å². The summed E-state index contributed by atoms with van der Waals surface area (Å²) in [5.74, 6) is -2.13. The fourth-order valence-corrected chi connectivity index (χ4v) is 12.0. The molecule has 0 radical (unpaired) electrons. The minimum atomic E-state index is -4.87. The van der Waals surface area contributed by atoms with Crippen molar-refractivity contribution in [2.24, 2.45) is 0 Å². The van der Waals surface area contributed by atoms with Gasteiger partial charge in [-0.15, -0.1) is 0 Å². The fourth-order valence-electron chi connectivity index (χ4n) is 10.1. The third kappa shape index (κ3) is 25.4. The number of amides is 6. The Bertz CT molecular complexity index is 2160. The van der Waals surface area contributed by atoms with Crippen LogP contribution in [0.2, 0.25) is 0 Å². The summed E-state index contributed by atoms with van der Waals surface area (Å²) in [4.78, 5) is 101. The van der Waals surface area contributed by atoms with Gasteiger partial charge in [0, 0.05) is 78.9 Å². The topological polar surface area (TPSA) is 450 Å². The van der Waals surface area contributed by atoms with Crippen LogP contribution in [0.1, 0.15) is 130 Å². The Morgan fingerprint density at radius 3 is 1.50 bits per heavy atom. The van der Waals surface area contributed by atoms with E-state index in [1.807, 2.05) is 0 Å². The van der Waals surface area contributed by atoms with E-state index in [1.54, 1.807) is 0 Å². The molecule has 0 bridgehead atoms. The van der Waals surface area contributed by atoms with Gasteiger partial charge in [-0.1, -0.05) is 12.8 Å². The van der Waals surface area contributed by atoms with E-state index in [-0.39, 0.29) is 82.5 Å². The molecule has 4 saturated heterocycles. The fraction of sp³-hybridized carbons (Fsp3) is 0.882. The van der Waals surface area contributed by atoms with E-state index in [0.717, 1.165) is 0 Å². The predicted octanol–water partition coefficient (Wildman–Crippen LogP) is -2.42. The van der Waals surface area contributed by atoms with Gasteiger partial charge in [0.15, 0.2) is 12.6 Å². The van der Waals surface area contributed by atoms with Crippen LogP contribution in [0.5, 0.6) is 0 Å². The Balaban J connectivity index is 1.13. The zero-order valence-electron chi connectivity index (χ0n) is 48.4. The van der Waals surface area contributed by atoms with Crippen molar-refractivity contribution in [2.45, 2.75) is 222 Å². The Morgan fingerprint density at radius 2 is 1.05 bits per heavy atom. The molecule has 16 atom stereocenters. The van der Waals surface area contributed by atoms with Crippen LogP contribution in [-0.2, 0) is 74.9 Å². The van der Waals surface area contributed by atoms with Crippen LogP contribution in [0.25, 0.3) is 0 Å². The second-order valence-electron chi connectivity index (χ2n) is 21.8. The van der Waals surface area contributed by atoms with Crippen molar-refractivity contribution in [3.8, 4) is 0 Å². The molecular weight excluding hydrogens is 1160 g/mol. The van der Waals surface area contributed by atoms with Gasteiger partial charge in [0.1, 0.15) is 48.7 Å². The van der Waals surface area contributed by atoms with E-state index in [0.29, 0.717) is 77.3 Å². The van der Waals surface area contributed by atoms with Gasteiger partial charge in [-0.05, 0) is 78.1 Å². The molecule has 4 heterocycles. The zero-order valence-corrected chi connectivity index (χ0v) is 50.1. The summed E-state index contributed by atoms with van der Waals surface area (Å²) in [6, 6.07) is -3.83. The van der Waals surface area contributed by atoms with Crippen molar-refractivity contribution in [3.63, 3.8) is 0 Å². The van der Waals surface area contributed by atoms with Crippen LogP contribution < -0.4 is 26.2 Å². The first-order chi connectivity index (χ1) is 39.7. The number of likely N-dealkylation sites (tertiary alicyclic amines) is 2. The molecule has 4 fully saturated rings. The summed E-state index contributed by atoms with van der Waals surface area (Å²) in [5, 5.41) is 81.2. The normalized spacial score (nSPS) is 29.5. The molecule has 0 aromatic carbocycles. The molecule has 6 amide bonds. The number of phosphoric acid groups is 2. The second-order valence-corrected chi connectivity index (χ2v) is 24.5. The molecule has 486 valence electrons. The maximum atomic E-state index is 13.6. The number of aliphatic hydroxyl groups is 7. The monoisotopic (exact) mass is 1250 g/mol. The molecular formula is C51H91N6O25P2-. The summed E-state index contributed by atoms with van der Waals surface area (Å²) >= 11 is 0. The number of rotatable bonds is 38. The summed E-state index contributed by atoms with van der Waals surface area (Å²) in [6.07, 6.45) is -7.92. The number of aliphatic hydroxyl groups excluding tert-OH is 7. The quantitative estimate of drug-likeness (QED) is 0.0226. The van der Waals surface area contributed by atoms with Crippen LogP contribution >= 0.6 is 15.6 Å². The highest BCUT2D eigenvalue weighted by Crippen LogP contribution is 2.48. The van der Waals surface area contributed by atoms with Gasteiger partial charge in [0.2, 0.25) is 35.4 Å². The molecule has 4 rings (SSSR count). The zero-order chi connectivity index (χ0) is 62.1. The number of unbranched alkanes of at least 4 members (excludes halogenated alkanes) is 6. The summed E-state index contributed by atoms with van der Waals surface area (Å²) in [7, 11) is -9.67. The van der Waals surface area contributed by atoms with Gasteiger partial charge >= 0.3 is 7.82 Å². The van der Waals surface area contributed by atoms with Crippen molar-refractivity contribution in [2.75, 3.05) is 65.8 Å². The Labute approximate surface area is 489 Å². The highest BCUT2D eigenvalue weighted by molar-refractivity contribution is 7.47. The number of β-amino-alcohol motifs (C(OH)–C–C–N with tert-alkyl or cyclic N) is 1. The number of carbonyl (C=O) groups is 6. The average molecular weight is 1250 g/mol. The van der Waals surface area contributed by atoms with Gasteiger partial charge in [-0.2, -0.15) is 0 Å². The highest BCUT2D eigenvalue weighted by atomic mass is 31.2. The minimum absolute atomic E-state index is 0.00626. The second kappa shape index (κ2) is 36.8. The lowest BCUT2D eigenvalue weighted by molar-refractivity contribution is -0.270. The van der Waals surface area contributed by atoms with Crippen molar-refractivity contribution in [1.82, 2.24) is 31.1 Å².